The summed E-state index contributed by atoms with van der Waals surface area (Å²) >= 11 is 0. The van der Waals surface area contributed by atoms with Crippen LogP contribution in [0.2, 0.25) is 0 Å². The van der Waals surface area contributed by atoms with Crippen LogP contribution in [-0.4, -0.2) is 29.0 Å². The maximum absolute atomic E-state index is 11.9. The van der Waals surface area contributed by atoms with Crippen LogP contribution in [0, 0.1) is 0 Å². The summed E-state index contributed by atoms with van der Waals surface area (Å²) < 4.78 is 1.96. The van der Waals surface area contributed by atoms with Gasteiger partial charge in [0.05, 0.1) is 6.54 Å². The summed E-state index contributed by atoms with van der Waals surface area (Å²) in [6, 6.07) is 11.2. The number of aromatic nitrogens is 1. The van der Waals surface area contributed by atoms with Crippen molar-refractivity contribution in [3.05, 3.63) is 54.4 Å². The first kappa shape index (κ1) is 14.8. The van der Waals surface area contributed by atoms with Gasteiger partial charge in [0.25, 0.3) is 5.91 Å². The largest absolute Gasteiger partial charge is 0.352 e. The number of carbonyl (C=O) groups is 2. The third-order valence-electron chi connectivity index (χ3n) is 2.89. The summed E-state index contributed by atoms with van der Waals surface area (Å²) in [6.45, 7) is 3.73. The average Bonchev–Trinajstić information content (AvgIpc) is 2.98. The molecule has 0 aliphatic rings. The molecule has 0 unspecified atom stereocenters. The van der Waals surface area contributed by atoms with Crippen LogP contribution in [0.15, 0.2) is 48.8 Å². The first-order chi connectivity index (χ1) is 10.1. The highest BCUT2D eigenvalue weighted by Gasteiger charge is 2.08. The van der Waals surface area contributed by atoms with Crippen molar-refractivity contribution in [2.24, 2.45) is 0 Å². The van der Waals surface area contributed by atoms with Gasteiger partial charge in [0.1, 0.15) is 0 Å². The lowest BCUT2D eigenvalue weighted by molar-refractivity contribution is -0.120. The molecule has 2 amide bonds. The van der Waals surface area contributed by atoms with Crippen molar-refractivity contribution in [2.45, 2.75) is 19.9 Å². The molecule has 0 atom stereocenters. The predicted octanol–water partition coefficient (Wildman–Crippen LogP) is 1.73. The molecule has 0 aliphatic carbocycles. The van der Waals surface area contributed by atoms with E-state index < -0.39 is 0 Å². The fourth-order valence-corrected chi connectivity index (χ4v) is 1.93. The zero-order chi connectivity index (χ0) is 15.2. The van der Waals surface area contributed by atoms with Crippen LogP contribution >= 0.6 is 0 Å². The molecule has 5 nitrogen and oxygen atoms in total. The molecule has 0 fully saturated rings. The lowest BCUT2D eigenvalue weighted by Gasteiger charge is -2.09. The standard InChI is InChI=1S/C16H19N3O2/c1-12(2)18-15(20)11-17-16(21)13-5-7-14(8-6-13)19-9-3-4-10-19/h3-10,12H,11H2,1-2H3,(H,17,21)(H,18,20). The molecule has 1 heterocycles. The van der Waals surface area contributed by atoms with E-state index in [9.17, 15) is 9.59 Å². The Balaban J connectivity index is 1.93. The quantitative estimate of drug-likeness (QED) is 0.879. The van der Waals surface area contributed by atoms with Crippen LogP contribution in [0.3, 0.4) is 0 Å². The highest BCUT2D eigenvalue weighted by molar-refractivity contribution is 5.96. The summed E-state index contributed by atoms with van der Waals surface area (Å²) in [5.74, 6) is -0.449. The van der Waals surface area contributed by atoms with E-state index in [2.05, 4.69) is 10.6 Å². The van der Waals surface area contributed by atoms with E-state index in [0.717, 1.165) is 5.69 Å². The van der Waals surface area contributed by atoms with Gasteiger partial charge in [-0.05, 0) is 50.2 Å². The van der Waals surface area contributed by atoms with E-state index in [1.807, 2.05) is 55.1 Å². The number of carbonyl (C=O) groups excluding carboxylic acids is 2. The van der Waals surface area contributed by atoms with Gasteiger partial charge in [-0.2, -0.15) is 0 Å². The molecule has 0 saturated carbocycles. The van der Waals surface area contributed by atoms with Crippen molar-refractivity contribution in [1.82, 2.24) is 15.2 Å². The maximum Gasteiger partial charge on any atom is 0.251 e. The third-order valence-corrected chi connectivity index (χ3v) is 2.89. The molecule has 5 heteroatoms. The van der Waals surface area contributed by atoms with E-state index >= 15 is 0 Å². The number of rotatable bonds is 5. The lowest BCUT2D eigenvalue weighted by atomic mass is 10.2. The molecule has 0 spiro atoms. The minimum atomic E-state index is -0.257. The smallest absolute Gasteiger partial charge is 0.251 e. The molecule has 1 aromatic heterocycles. The van der Waals surface area contributed by atoms with Gasteiger partial charge < -0.3 is 15.2 Å². The lowest BCUT2D eigenvalue weighted by Crippen LogP contribution is -2.39. The van der Waals surface area contributed by atoms with Crippen LogP contribution < -0.4 is 10.6 Å². The summed E-state index contributed by atoms with van der Waals surface area (Å²) in [7, 11) is 0. The van der Waals surface area contributed by atoms with E-state index in [1.54, 1.807) is 12.1 Å². The zero-order valence-electron chi connectivity index (χ0n) is 12.2. The number of amides is 2. The van der Waals surface area contributed by atoms with E-state index in [-0.39, 0.29) is 24.4 Å². The van der Waals surface area contributed by atoms with E-state index in [0.29, 0.717) is 5.56 Å². The molecule has 0 saturated heterocycles. The van der Waals surface area contributed by atoms with Crippen molar-refractivity contribution in [3.8, 4) is 5.69 Å². The monoisotopic (exact) mass is 285 g/mol. The Hall–Kier alpha value is -2.56. The Morgan fingerprint density at radius 1 is 1.10 bits per heavy atom. The van der Waals surface area contributed by atoms with E-state index in [4.69, 9.17) is 0 Å². The Kier molecular flexibility index (Phi) is 4.77. The first-order valence-corrected chi connectivity index (χ1v) is 6.87. The highest BCUT2D eigenvalue weighted by atomic mass is 16.2. The van der Waals surface area contributed by atoms with Gasteiger partial charge in [0, 0.05) is 29.7 Å². The minimum absolute atomic E-state index is 0.0175. The first-order valence-electron chi connectivity index (χ1n) is 6.87. The van der Waals surface area contributed by atoms with Crippen molar-refractivity contribution >= 4 is 11.8 Å². The van der Waals surface area contributed by atoms with E-state index in [1.165, 1.54) is 0 Å². The molecular formula is C16H19N3O2. The number of hydrogen-bond acceptors (Lipinski definition) is 2. The topological polar surface area (TPSA) is 63.1 Å². The van der Waals surface area contributed by atoms with Crippen molar-refractivity contribution in [2.75, 3.05) is 6.54 Å². The molecule has 0 bridgehead atoms. The molecule has 110 valence electrons. The van der Waals surface area contributed by atoms with Gasteiger partial charge in [0.15, 0.2) is 0 Å². The molecule has 2 rings (SSSR count). The van der Waals surface area contributed by atoms with Gasteiger partial charge in [-0.1, -0.05) is 0 Å². The third kappa shape index (κ3) is 4.21. The molecule has 1 aromatic carbocycles. The summed E-state index contributed by atoms with van der Waals surface area (Å²) in [5.41, 5.74) is 1.51. The summed E-state index contributed by atoms with van der Waals surface area (Å²) in [4.78, 5) is 23.4. The highest BCUT2D eigenvalue weighted by Crippen LogP contribution is 2.09. The summed E-state index contributed by atoms with van der Waals surface area (Å²) in [5, 5.41) is 5.32. The van der Waals surface area contributed by atoms with Gasteiger partial charge in [-0.3, -0.25) is 9.59 Å². The number of benzene rings is 1. The van der Waals surface area contributed by atoms with Crippen LogP contribution in [-0.2, 0) is 4.79 Å². The fraction of sp³-hybridized carbons (Fsp3) is 0.250. The van der Waals surface area contributed by atoms with Crippen LogP contribution in [0.25, 0.3) is 5.69 Å². The molecule has 2 aromatic rings. The van der Waals surface area contributed by atoms with Crippen molar-refractivity contribution in [3.63, 3.8) is 0 Å². The number of nitrogens with zero attached hydrogens (tertiary/aromatic N) is 1. The van der Waals surface area contributed by atoms with Crippen LogP contribution in [0.1, 0.15) is 24.2 Å². The number of nitrogens with one attached hydrogen (secondary N) is 2. The molecule has 2 N–H and O–H groups in total. The Morgan fingerprint density at radius 2 is 1.71 bits per heavy atom. The second-order valence-corrected chi connectivity index (χ2v) is 5.04. The van der Waals surface area contributed by atoms with Crippen LogP contribution in [0.5, 0.6) is 0 Å². The predicted molar refractivity (Wildman–Crippen MR) is 81.4 cm³/mol. The SMILES string of the molecule is CC(C)NC(=O)CNC(=O)c1ccc(-n2cccc2)cc1. The van der Waals surface area contributed by atoms with Crippen molar-refractivity contribution in [1.29, 1.82) is 0 Å². The minimum Gasteiger partial charge on any atom is -0.352 e. The van der Waals surface area contributed by atoms with Gasteiger partial charge >= 0.3 is 0 Å². The Labute approximate surface area is 124 Å². The average molecular weight is 285 g/mol. The number of hydrogen-bond donors (Lipinski definition) is 2. The maximum atomic E-state index is 11.9. The summed E-state index contributed by atoms with van der Waals surface area (Å²) in [6.07, 6.45) is 3.87. The molecular weight excluding hydrogens is 266 g/mol. The van der Waals surface area contributed by atoms with Crippen molar-refractivity contribution < 1.29 is 9.59 Å². The molecule has 0 aliphatic heterocycles. The second-order valence-electron chi connectivity index (χ2n) is 5.04. The normalized spacial score (nSPS) is 10.4. The Bertz CT molecular complexity index is 601. The van der Waals surface area contributed by atoms with Gasteiger partial charge in [-0.15, -0.1) is 0 Å². The van der Waals surface area contributed by atoms with Gasteiger partial charge in [-0.25, -0.2) is 0 Å². The molecule has 21 heavy (non-hydrogen) atoms. The zero-order valence-corrected chi connectivity index (χ0v) is 12.2. The second kappa shape index (κ2) is 6.74. The fourth-order valence-electron chi connectivity index (χ4n) is 1.93. The van der Waals surface area contributed by atoms with Gasteiger partial charge in [0.2, 0.25) is 5.91 Å². The van der Waals surface area contributed by atoms with Crippen LogP contribution in [0.4, 0.5) is 0 Å². The molecule has 0 radical (unpaired) electrons. The Morgan fingerprint density at radius 3 is 2.29 bits per heavy atom.